The first-order valence-electron chi connectivity index (χ1n) is 13.8. The molecule has 20 heteroatoms. The maximum Gasteiger partial charge on any atom is 0.325 e. The van der Waals surface area contributed by atoms with Crippen LogP contribution in [0.4, 0.5) is 0 Å². The van der Waals surface area contributed by atoms with Gasteiger partial charge in [0.15, 0.2) is 0 Å². The van der Waals surface area contributed by atoms with E-state index >= 15 is 0 Å². The second-order valence-electron chi connectivity index (χ2n) is 10.2. The number of hydrogen-bond donors (Lipinski definition) is 7. The topological polar surface area (TPSA) is 249 Å². The van der Waals surface area contributed by atoms with Gasteiger partial charge in [-0.05, 0) is 30.3 Å². The van der Waals surface area contributed by atoms with Crippen molar-refractivity contribution in [3.63, 3.8) is 0 Å². The molecule has 5 aromatic rings. The molecule has 0 aliphatic carbocycles. The molecule has 0 amide bonds. The van der Waals surface area contributed by atoms with E-state index in [9.17, 15) is 29.4 Å². The quantitative estimate of drug-likeness (QED) is 0.0571. The first-order valence-corrected chi connectivity index (χ1v) is 15.3. The number of carboxylic acid groups (broad SMARTS) is 2. The van der Waals surface area contributed by atoms with Gasteiger partial charge >= 0.3 is 11.9 Å². The number of nitrogens with zero attached hydrogens (tertiary/aromatic N) is 5. The van der Waals surface area contributed by atoms with Gasteiger partial charge in [-0.25, -0.2) is 10.2 Å². The molecule has 16 nitrogen and oxygen atoms in total. The average Bonchev–Trinajstić information content (AvgIpc) is 3.73. The van der Waals surface area contributed by atoms with Crippen molar-refractivity contribution in [2.24, 2.45) is 5.11 Å². The van der Waals surface area contributed by atoms with Crippen molar-refractivity contribution in [1.29, 1.82) is 5.53 Å². The highest BCUT2D eigenvalue weighted by atomic mass is 35.5. The molecule has 50 heavy (non-hydrogen) atoms. The summed E-state index contributed by atoms with van der Waals surface area (Å²) in [5.41, 5.74) is 6.77. The third kappa shape index (κ3) is 7.04. The zero-order valence-corrected chi connectivity index (χ0v) is 27.8. The van der Waals surface area contributed by atoms with Crippen LogP contribution in [0.1, 0.15) is 37.7 Å². The molecular weight excluding hydrogens is 742 g/mol. The minimum Gasteiger partial charge on any atom is -0.507 e. The van der Waals surface area contributed by atoms with Gasteiger partial charge in [0.2, 0.25) is 11.6 Å². The first-order chi connectivity index (χ1) is 23.7. The fourth-order valence-electron chi connectivity index (χ4n) is 4.75. The molecule has 0 bridgehead atoms. The lowest BCUT2D eigenvalue weighted by atomic mass is 10.0. The molecule has 3 heterocycles. The summed E-state index contributed by atoms with van der Waals surface area (Å²) in [5, 5.41) is 52.0. The van der Waals surface area contributed by atoms with Crippen LogP contribution < -0.4 is 5.32 Å². The molecule has 3 aromatic heterocycles. The molecule has 2 aromatic carbocycles. The number of ketones is 2. The number of aliphatic carboxylic acids is 2. The van der Waals surface area contributed by atoms with Crippen LogP contribution in [0.15, 0.2) is 60.0 Å². The Morgan fingerprint density at radius 3 is 2.26 bits per heavy atom. The number of aromatic nitrogens is 5. The van der Waals surface area contributed by atoms with E-state index in [2.05, 4.69) is 25.7 Å². The Labute approximate surface area is 299 Å². The van der Waals surface area contributed by atoms with Crippen molar-refractivity contribution < 1.29 is 39.6 Å². The molecule has 0 spiro atoms. The number of carbonyl (C=O) groups is 4. The second-order valence-corrected chi connectivity index (χ2v) is 11.7. The van der Waals surface area contributed by atoms with Crippen LogP contribution in [0.5, 0.6) is 11.5 Å². The number of carbonyl (C=O) groups excluding carboxylic acids is 2. The average molecular weight is 762 g/mol. The summed E-state index contributed by atoms with van der Waals surface area (Å²) in [6, 6.07) is 8.80. The van der Waals surface area contributed by atoms with Crippen molar-refractivity contribution in [3.05, 3.63) is 103 Å². The lowest BCUT2D eigenvalue weighted by Gasteiger charge is -2.13. The Balaban J connectivity index is 1.53. The standard InChI is InChI=1S/C30H20Cl4N8O8/c31-16-7-19(27(49)14-3-1-12(5-20(14)43)17(38-35)8-36-9-22(45)46)42(30(16)34)26-24(32)29(33)37-25(26)28(50)15-4-2-13(6-21(15)44)18-10-41(40-39-18)11-23(47)48/h1-8,10,35-37,43-44H,9,11H2,(H,45,46)(H,47,48)/b17-8-,38-35?. The van der Waals surface area contributed by atoms with Crippen molar-refractivity contribution >= 4 is 75.6 Å². The van der Waals surface area contributed by atoms with Crippen molar-refractivity contribution in [1.82, 2.24) is 29.9 Å². The number of hydrogen-bond acceptors (Lipinski definition) is 11. The van der Waals surface area contributed by atoms with Crippen LogP contribution in [0.25, 0.3) is 22.6 Å². The Kier molecular flexibility index (Phi) is 10.3. The highest BCUT2D eigenvalue weighted by molar-refractivity contribution is 6.45. The van der Waals surface area contributed by atoms with Crippen molar-refractivity contribution in [3.8, 4) is 28.4 Å². The van der Waals surface area contributed by atoms with Gasteiger partial charge in [0.05, 0.1) is 33.7 Å². The lowest BCUT2D eigenvalue weighted by molar-refractivity contribution is -0.138. The number of aromatic hydroxyl groups is 2. The zero-order chi connectivity index (χ0) is 36.4. The minimum absolute atomic E-state index is 0.0484. The van der Waals surface area contributed by atoms with Gasteiger partial charge in [-0.1, -0.05) is 63.7 Å². The SMILES string of the molecule is N=N/C(=C\NCC(=O)O)c1ccc(C(=O)c2cc(Cl)c(Cl)n2-c2c(C(=O)c3ccc(-c4cn(CC(=O)O)nn4)cc3O)[nH]c(Cl)c2Cl)c(O)c1. The number of aromatic amines is 1. The fraction of sp³-hybridized carbons (Fsp3) is 0.0667. The van der Waals surface area contributed by atoms with Gasteiger partial charge in [0, 0.05) is 17.3 Å². The molecule has 0 saturated heterocycles. The Morgan fingerprint density at radius 2 is 1.62 bits per heavy atom. The summed E-state index contributed by atoms with van der Waals surface area (Å²) < 4.78 is 2.12. The summed E-state index contributed by atoms with van der Waals surface area (Å²) in [4.78, 5) is 52.2. The molecule has 5 rings (SSSR count). The van der Waals surface area contributed by atoms with Crippen LogP contribution in [-0.2, 0) is 16.1 Å². The fourth-order valence-corrected chi connectivity index (χ4v) is 5.58. The molecule has 0 saturated carbocycles. The number of phenolic OH excluding ortho intramolecular Hbond substituents is 2. The minimum atomic E-state index is -1.16. The van der Waals surface area contributed by atoms with Crippen LogP contribution >= 0.6 is 46.4 Å². The summed E-state index contributed by atoms with van der Waals surface area (Å²) >= 11 is 25.7. The smallest absolute Gasteiger partial charge is 0.325 e. The largest absolute Gasteiger partial charge is 0.507 e. The van der Waals surface area contributed by atoms with Gasteiger partial charge in [0.1, 0.15) is 57.0 Å². The van der Waals surface area contributed by atoms with Gasteiger partial charge in [-0.2, -0.15) is 5.11 Å². The van der Waals surface area contributed by atoms with Gasteiger partial charge in [-0.3, -0.25) is 23.7 Å². The monoisotopic (exact) mass is 760 g/mol. The highest BCUT2D eigenvalue weighted by Gasteiger charge is 2.31. The molecule has 0 atom stereocenters. The second kappa shape index (κ2) is 14.4. The summed E-state index contributed by atoms with van der Waals surface area (Å²) in [5.74, 6) is -5.03. The third-order valence-corrected chi connectivity index (χ3v) is 8.48. The molecule has 0 aliphatic rings. The Bertz CT molecular complexity index is 2260. The maximum atomic E-state index is 13.9. The molecular formula is C30H20Cl4N8O8. The molecule has 0 radical (unpaired) electrons. The van der Waals surface area contributed by atoms with E-state index in [1.807, 2.05) is 0 Å². The Morgan fingerprint density at radius 1 is 0.940 bits per heavy atom. The van der Waals surface area contributed by atoms with E-state index in [4.69, 9.17) is 62.1 Å². The van der Waals surface area contributed by atoms with E-state index in [1.54, 1.807) is 0 Å². The van der Waals surface area contributed by atoms with Crippen LogP contribution in [-0.4, -0.2) is 75.0 Å². The third-order valence-electron chi connectivity index (χ3n) is 6.98. The number of halogens is 4. The summed E-state index contributed by atoms with van der Waals surface area (Å²) in [6.45, 7) is -0.899. The van der Waals surface area contributed by atoms with Crippen LogP contribution in [0, 0.1) is 5.53 Å². The van der Waals surface area contributed by atoms with E-state index in [1.165, 1.54) is 42.6 Å². The summed E-state index contributed by atoms with van der Waals surface area (Å²) in [6.07, 6.45) is 2.49. The lowest BCUT2D eigenvalue weighted by Crippen LogP contribution is -2.17. The number of nitrogens with one attached hydrogen (secondary N) is 3. The van der Waals surface area contributed by atoms with E-state index in [0.717, 1.165) is 21.5 Å². The highest BCUT2D eigenvalue weighted by Crippen LogP contribution is 2.41. The number of phenols is 2. The van der Waals surface area contributed by atoms with Crippen LogP contribution in [0.2, 0.25) is 20.4 Å². The van der Waals surface area contributed by atoms with Gasteiger partial charge < -0.3 is 30.7 Å². The number of rotatable bonds is 13. The molecule has 0 fully saturated rings. The number of carboxylic acids is 2. The maximum absolute atomic E-state index is 13.9. The van der Waals surface area contributed by atoms with Gasteiger partial charge in [-0.15, -0.1) is 5.10 Å². The predicted octanol–water partition coefficient (Wildman–Crippen LogP) is 5.64. The van der Waals surface area contributed by atoms with Crippen molar-refractivity contribution in [2.45, 2.75) is 6.54 Å². The number of H-pyrrole nitrogens is 1. The number of benzene rings is 2. The summed E-state index contributed by atoms with van der Waals surface area (Å²) in [7, 11) is 0. The van der Waals surface area contributed by atoms with Crippen molar-refractivity contribution in [2.75, 3.05) is 6.54 Å². The zero-order valence-electron chi connectivity index (χ0n) is 24.8. The molecule has 0 unspecified atom stereocenters. The van der Waals surface area contributed by atoms with E-state index < -0.39 is 48.1 Å². The molecule has 0 aliphatic heterocycles. The Hall–Kier alpha value is -5.68. The predicted molar refractivity (Wildman–Crippen MR) is 179 cm³/mol. The van der Waals surface area contributed by atoms with Crippen LogP contribution in [0.3, 0.4) is 0 Å². The van der Waals surface area contributed by atoms with E-state index in [0.29, 0.717) is 5.56 Å². The normalized spacial score (nSPS) is 11.4. The van der Waals surface area contributed by atoms with E-state index in [-0.39, 0.29) is 65.5 Å². The van der Waals surface area contributed by atoms with Gasteiger partial charge in [0.25, 0.3) is 0 Å². The molecule has 256 valence electrons. The first kappa shape index (κ1) is 35.6. The molecule has 7 N–H and O–H groups in total.